The van der Waals surface area contributed by atoms with Crippen molar-refractivity contribution in [1.82, 2.24) is 4.98 Å². The van der Waals surface area contributed by atoms with Crippen LogP contribution in [-0.4, -0.2) is 4.98 Å². The van der Waals surface area contributed by atoms with E-state index in [9.17, 15) is 0 Å². The lowest BCUT2D eigenvalue weighted by molar-refractivity contribution is 0.620. The fourth-order valence-corrected chi connectivity index (χ4v) is 6.41. The second-order valence-electron chi connectivity index (χ2n) is 11.6. The molecular weight excluding hydrogens is 576 g/mol. The maximum absolute atomic E-state index is 6.30. The lowest BCUT2D eigenvalue weighted by Crippen LogP contribution is -2.09. The number of fused-ring (bicyclic) bond motifs is 4. The number of hydrogen-bond acceptors (Lipinski definition) is 4. The van der Waals surface area contributed by atoms with Crippen LogP contribution in [0.25, 0.3) is 66.7 Å². The summed E-state index contributed by atoms with van der Waals surface area (Å²) in [5.74, 6) is 0.621. The van der Waals surface area contributed by atoms with Crippen molar-refractivity contribution in [2.24, 2.45) is 0 Å². The second kappa shape index (κ2) is 11.2. The van der Waals surface area contributed by atoms with Gasteiger partial charge in [-0.15, -0.1) is 0 Å². The van der Waals surface area contributed by atoms with Crippen molar-refractivity contribution in [3.63, 3.8) is 0 Å². The maximum atomic E-state index is 6.30. The summed E-state index contributed by atoms with van der Waals surface area (Å²) in [5.41, 5.74) is 11.9. The molecule has 222 valence electrons. The second-order valence-corrected chi connectivity index (χ2v) is 11.6. The average molecular weight is 605 g/mol. The van der Waals surface area contributed by atoms with E-state index in [1.165, 1.54) is 11.1 Å². The first-order chi connectivity index (χ1) is 23.3. The molecule has 47 heavy (non-hydrogen) atoms. The Bertz CT molecular complexity index is 2500. The summed E-state index contributed by atoms with van der Waals surface area (Å²) in [6.07, 6.45) is 0. The highest BCUT2D eigenvalue weighted by molar-refractivity contribution is 6.06. The molecule has 4 nitrogen and oxygen atoms in total. The van der Waals surface area contributed by atoms with Gasteiger partial charge < -0.3 is 13.7 Å². The van der Waals surface area contributed by atoms with Gasteiger partial charge in [-0.2, -0.15) is 0 Å². The van der Waals surface area contributed by atoms with Crippen LogP contribution < -0.4 is 4.90 Å². The minimum atomic E-state index is 0.621. The highest BCUT2D eigenvalue weighted by Gasteiger charge is 2.17. The van der Waals surface area contributed by atoms with Crippen LogP contribution in [0.4, 0.5) is 17.1 Å². The number of rotatable bonds is 6. The summed E-state index contributed by atoms with van der Waals surface area (Å²) in [7, 11) is 0. The lowest BCUT2D eigenvalue weighted by atomic mass is 10.0. The van der Waals surface area contributed by atoms with Crippen molar-refractivity contribution in [3.8, 4) is 33.7 Å². The number of para-hydroxylation sites is 2. The van der Waals surface area contributed by atoms with Crippen molar-refractivity contribution < 1.29 is 8.83 Å². The molecule has 0 spiro atoms. The molecule has 0 aliphatic rings. The Kier molecular flexibility index (Phi) is 6.43. The molecule has 0 fully saturated rings. The summed E-state index contributed by atoms with van der Waals surface area (Å²) < 4.78 is 12.5. The minimum absolute atomic E-state index is 0.621. The molecule has 9 aromatic rings. The van der Waals surface area contributed by atoms with Crippen LogP contribution in [0, 0.1) is 0 Å². The molecule has 0 radical (unpaired) electrons. The lowest BCUT2D eigenvalue weighted by Gasteiger charge is -2.26. The first kappa shape index (κ1) is 27.0. The van der Waals surface area contributed by atoms with Gasteiger partial charge in [0.2, 0.25) is 5.89 Å². The SMILES string of the molecule is c1ccc(-c2ccc(N(c3ccc(-c4cccc5oc(-c6ccccc6)nc45)cc3)c3ccc4c(c3)oc3ccccc34)cc2)cc1. The quantitative estimate of drug-likeness (QED) is 0.189. The fourth-order valence-electron chi connectivity index (χ4n) is 6.41. The molecule has 0 bridgehead atoms. The first-order valence-corrected chi connectivity index (χ1v) is 15.7. The molecule has 0 aliphatic carbocycles. The Morgan fingerprint density at radius 2 is 0.957 bits per heavy atom. The third-order valence-corrected chi connectivity index (χ3v) is 8.73. The van der Waals surface area contributed by atoms with E-state index in [-0.39, 0.29) is 0 Å². The van der Waals surface area contributed by atoms with E-state index in [1.54, 1.807) is 0 Å². The summed E-state index contributed by atoms with van der Waals surface area (Å²) in [6.45, 7) is 0. The van der Waals surface area contributed by atoms with Gasteiger partial charge >= 0.3 is 0 Å². The normalized spacial score (nSPS) is 11.4. The van der Waals surface area contributed by atoms with Crippen LogP contribution in [0.5, 0.6) is 0 Å². The fraction of sp³-hybridized carbons (Fsp3) is 0. The third kappa shape index (κ3) is 4.84. The molecule has 0 atom stereocenters. The van der Waals surface area contributed by atoms with E-state index in [1.807, 2.05) is 60.7 Å². The molecule has 0 N–H and O–H groups in total. The van der Waals surface area contributed by atoms with Gasteiger partial charge in [0, 0.05) is 45.0 Å². The van der Waals surface area contributed by atoms with E-state index < -0.39 is 0 Å². The first-order valence-electron chi connectivity index (χ1n) is 15.7. The molecule has 0 amide bonds. The molecule has 0 unspecified atom stereocenters. The minimum Gasteiger partial charge on any atom is -0.456 e. The number of oxazole rings is 1. The molecule has 0 saturated heterocycles. The van der Waals surface area contributed by atoms with Gasteiger partial charge in [-0.3, -0.25) is 0 Å². The van der Waals surface area contributed by atoms with E-state index in [0.717, 1.165) is 66.8 Å². The van der Waals surface area contributed by atoms with E-state index in [0.29, 0.717) is 5.89 Å². The Labute approximate surface area is 271 Å². The number of benzene rings is 7. The zero-order chi connectivity index (χ0) is 31.2. The molecule has 0 aliphatic heterocycles. The molecule has 4 heteroatoms. The number of anilines is 3. The van der Waals surface area contributed by atoms with Crippen molar-refractivity contribution >= 4 is 50.1 Å². The molecule has 2 heterocycles. The van der Waals surface area contributed by atoms with Gasteiger partial charge in [0.25, 0.3) is 0 Å². The van der Waals surface area contributed by atoms with E-state index in [4.69, 9.17) is 13.8 Å². The van der Waals surface area contributed by atoms with Crippen molar-refractivity contribution in [2.75, 3.05) is 4.90 Å². The number of nitrogens with zero attached hydrogens (tertiary/aromatic N) is 2. The van der Waals surface area contributed by atoms with Crippen molar-refractivity contribution in [3.05, 3.63) is 170 Å². The highest BCUT2D eigenvalue weighted by atomic mass is 16.3. The van der Waals surface area contributed by atoms with Gasteiger partial charge in [-0.1, -0.05) is 103 Å². The predicted octanol–water partition coefficient (Wildman–Crippen LogP) is 12.2. The summed E-state index contributed by atoms with van der Waals surface area (Å²) >= 11 is 0. The van der Waals surface area contributed by atoms with Gasteiger partial charge in [0.15, 0.2) is 5.58 Å². The molecule has 9 rings (SSSR count). The summed E-state index contributed by atoms with van der Waals surface area (Å²) in [4.78, 5) is 7.18. The van der Waals surface area contributed by atoms with E-state index >= 15 is 0 Å². The van der Waals surface area contributed by atoms with Gasteiger partial charge in [0.1, 0.15) is 16.7 Å². The van der Waals surface area contributed by atoms with E-state index in [2.05, 4.69) is 114 Å². The van der Waals surface area contributed by atoms with Crippen LogP contribution >= 0.6 is 0 Å². The average Bonchev–Trinajstić information content (AvgIpc) is 3.75. The number of aromatic nitrogens is 1. The highest BCUT2D eigenvalue weighted by Crippen LogP contribution is 2.40. The predicted molar refractivity (Wildman–Crippen MR) is 192 cm³/mol. The Morgan fingerprint density at radius 3 is 1.70 bits per heavy atom. The smallest absolute Gasteiger partial charge is 0.227 e. The van der Waals surface area contributed by atoms with Crippen LogP contribution in [0.15, 0.2) is 179 Å². The third-order valence-electron chi connectivity index (χ3n) is 8.73. The number of hydrogen-bond donors (Lipinski definition) is 0. The van der Waals surface area contributed by atoms with Crippen LogP contribution in [0.3, 0.4) is 0 Å². The van der Waals surface area contributed by atoms with Crippen molar-refractivity contribution in [2.45, 2.75) is 0 Å². The topological polar surface area (TPSA) is 42.4 Å². The molecule has 7 aromatic carbocycles. The van der Waals surface area contributed by atoms with Crippen LogP contribution in [0.1, 0.15) is 0 Å². The number of furan rings is 1. The van der Waals surface area contributed by atoms with Gasteiger partial charge in [0.05, 0.1) is 0 Å². The Morgan fingerprint density at radius 1 is 0.383 bits per heavy atom. The van der Waals surface area contributed by atoms with Crippen LogP contribution in [0.2, 0.25) is 0 Å². The molecular formula is C43H28N2O2. The van der Waals surface area contributed by atoms with Gasteiger partial charge in [-0.25, -0.2) is 4.98 Å². The Hall–Kier alpha value is -6.39. The largest absolute Gasteiger partial charge is 0.456 e. The molecule has 0 saturated carbocycles. The Balaban J connectivity index is 1.13. The van der Waals surface area contributed by atoms with Gasteiger partial charge in [-0.05, 0) is 77.4 Å². The van der Waals surface area contributed by atoms with Crippen LogP contribution in [-0.2, 0) is 0 Å². The maximum Gasteiger partial charge on any atom is 0.227 e. The standard InChI is InChI=1S/C43H28N2O2/c1-3-10-29(11-4-1)30-18-22-33(23-19-30)45(35-26-27-38-37-14-7-8-16-39(37)46-41(38)28-35)34-24-20-31(21-25-34)36-15-9-17-40-42(36)44-43(47-40)32-12-5-2-6-13-32/h1-28H. The zero-order valence-corrected chi connectivity index (χ0v) is 25.4. The van der Waals surface area contributed by atoms with Crippen molar-refractivity contribution in [1.29, 1.82) is 0 Å². The summed E-state index contributed by atoms with van der Waals surface area (Å²) in [6, 6.07) is 58.6. The summed E-state index contributed by atoms with van der Waals surface area (Å²) in [5, 5.41) is 2.23. The zero-order valence-electron chi connectivity index (χ0n) is 25.4. The monoisotopic (exact) mass is 604 g/mol. The molecule has 2 aromatic heterocycles.